The zero-order valence-corrected chi connectivity index (χ0v) is 13.3. The van der Waals surface area contributed by atoms with Crippen molar-refractivity contribution < 1.29 is 13.2 Å². The average molecular weight is 318 g/mol. The van der Waals surface area contributed by atoms with E-state index in [0.717, 1.165) is 10.6 Å². The maximum atomic E-state index is 12.4. The van der Waals surface area contributed by atoms with Gasteiger partial charge in [0.2, 0.25) is 15.9 Å². The molecule has 0 radical (unpaired) electrons. The SMILES string of the molecule is CN(C(=O)CN(c1ccccc1)S(C)(=O)=O)c1ccccc1. The summed E-state index contributed by atoms with van der Waals surface area (Å²) in [5.74, 6) is -0.305. The summed E-state index contributed by atoms with van der Waals surface area (Å²) in [6.07, 6.45) is 1.09. The summed E-state index contributed by atoms with van der Waals surface area (Å²) in [7, 11) is -1.91. The Morgan fingerprint density at radius 1 is 0.909 bits per heavy atom. The maximum Gasteiger partial charge on any atom is 0.247 e. The van der Waals surface area contributed by atoms with Crippen molar-refractivity contribution in [3.05, 3.63) is 60.7 Å². The molecule has 0 aliphatic rings. The first kappa shape index (κ1) is 16.0. The number of benzene rings is 2. The maximum absolute atomic E-state index is 12.4. The summed E-state index contributed by atoms with van der Waals surface area (Å²) in [6, 6.07) is 17.7. The molecule has 0 saturated heterocycles. The van der Waals surface area contributed by atoms with Gasteiger partial charge in [0.1, 0.15) is 6.54 Å². The van der Waals surface area contributed by atoms with Gasteiger partial charge < -0.3 is 4.90 Å². The van der Waals surface area contributed by atoms with E-state index in [0.29, 0.717) is 11.4 Å². The van der Waals surface area contributed by atoms with Gasteiger partial charge in [-0.25, -0.2) is 8.42 Å². The highest BCUT2D eigenvalue weighted by molar-refractivity contribution is 7.92. The van der Waals surface area contributed by atoms with Gasteiger partial charge in [-0.1, -0.05) is 36.4 Å². The number of hydrogen-bond acceptors (Lipinski definition) is 3. The Kier molecular flexibility index (Phi) is 4.82. The third-order valence-corrected chi connectivity index (χ3v) is 4.38. The highest BCUT2D eigenvalue weighted by atomic mass is 32.2. The second-order valence-electron chi connectivity index (χ2n) is 4.89. The molecule has 1 amide bonds. The van der Waals surface area contributed by atoms with E-state index in [2.05, 4.69) is 0 Å². The fourth-order valence-electron chi connectivity index (χ4n) is 2.02. The summed E-state index contributed by atoms with van der Waals surface area (Å²) in [5, 5.41) is 0. The zero-order valence-electron chi connectivity index (χ0n) is 12.5. The van der Waals surface area contributed by atoms with Gasteiger partial charge in [-0.3, -0.25) is 9.10 Å². The van der Waals surface area contributed by atoms with Crippen molar-refractivity contribution in [2.24, 2.45) is 0 Å². The first-order chi connectivity index (χ1) is 10.4. The molecule has 0 aliphatic heterocycles. The number of nitrogens with zero attached hydrogens (tertiary/aromatic N) is 2. The minimum absolute atomic E-state index is 0.242. The van der Waals surface area contributed by atoms with E-state index in [1.54, 1.807) is 49.5 Å². The van der Waals surface area contributed by atoms with Crippen molar-refractivity contribution in [2.75, 3.05) is 29.1 Å². The van der Waals surface area contributed by atoms with Gasteiger partial charge in [0, 0.05) is 12.7 Å². The summed E-state index contributed by atoms with van der Waals surface area (Å²) in [6.45, 7) is -0.242. The molecule has 6 heteroatoms. The molecule has 0 N–H and O–H groups in total. The first-order valence-electron chi connectivity index (χ1n) is 6.74. The Labute approximate surface area is 130 Å². The largest absolute Gasteiger partial charge is 0.314 e. The van der Waals surface area contributed by atoms with Crippen molar-refractivity contribution >= 4 is 27.3 Å². The van der Waals surface area contributed by atoms with Crippen LogP contribution in [0.15, 0.2) is 60.7 Å². The van der Waals surface area contributed by atoms with Crippen molar-refractivity contribution in [1.29, 1.82) is 0 Å². The molecule has 0 heterocycles. The number of sulfonamides is 1. The average Bonchev–Trinajstić information content (AvgIpc) is 2.52. The molecule has 0 fully saturated rings. The van der Waals surface area contributed by atoms with Crippen LogP contribution in [-0.4, -0.2) is 34.2 Å². The number of amides is 1. The molecule has 0 unspecified atom stereocenters. The van der Waals surface area contributed by atoms with Crippen LogP contribution < -0.4 is 9.21 Å². The molecule has 0 atom stereocenters. The molecule has 2 rings (SSSR count). The van der Waals surface area contributed by atoms with Crippen LogP contribution in [0.1, 0.15) is 0 Å². The number of anilines is 2. The van der Waals surface area contributed by atoms with E-state index in [1.807, 2.05) is 18.2 Å². The fourth-order valence-corrected chi connectivity index (χ4v) is 2.87. The van der Waals surface area contributed by atoms with E-state index >= 15 is 0 Å². The van der Waals surface area contributed by atoms with E-state index in [1.165, 1.54) is 4.90 Å². The number of carbonyl (C=O) groups excluding carboxylic acids is 1. The molecule has 22 heavy (non-hydrogen) atoms. The lowest BCUT2D eigenvalue weighted by atomic mass is 10.3. The Morgan fingerprint density at radius 3 is 1.82 bits per heavy atom. The predicted molar refractivity (Wildman–Crippen MR) is 88.5 cm³/mol. The van der Waals surface area contributed by atoms with Crippen LogP contribution in [0.3, 0.4) is 0 Å². The highest BCUT2D eigenvalue weighted by Crippen LogP contribution is 2.18. The van der Waals surface area contributed by atoms with Crippen molar-refractivity contribution in [2.45, 2.75) is 0 Å². The van der Waals surface area contributed by atoms with Crippen LogP contribution in [0.25, 0.3) is 0 Å². The van der Waals surface area contributed by atoms with Gasteiger partial charge in [0.05, 0.1) is 11.9 Å². The Bertz CT molecular complexity index is 731. The topological polar surface area (TPSA) is 57.7 Å². The van der Waals surface area contributed by atoms with Crippen molar-refractivity contribution in [1.82, 2.24) is 0 Å². The molecule has 0 aliphatic carbocycles. The zero-order chi connectivity index (χ0) is 16.2. The summed E-state index contributed by atoms with van der Waals surface area (Å²) >= 11 is 0. The molecule has 0 aromatic heterocycles. The number of hydrogen-bond donors (Lipinski definition) is 0. The minimum Gasteiger partial charge on any atom is -0.314 e. The van der Waals surface area contributed by atoms with Gasteiger partial charge in [-0.15, -0.1) is 0 Å². The smallest absolute Gasteiger partial charge is 0.247 e. The Balaban J connectivity index is 2.23. The molecule has 2 aromatic rings. The molecule has 0 spiro atoms. The van der Waals surface area contributed by atoms with Crippen LogP contribution in [0, 0.1) is 0 Å². The minimum atomic E-state index is -3.54. The monoisotopic (exact) mass is 318 g/mol. The number of para-hydroxylation sites is 2. The van der Waals surface area contributed by atoms with Gasteiger partial charge in [-0.05, 0) is 24.3 Å². The van der Waals surface area contributed by atoms with E-state index in [9.17, 15) is 13.2 Å². The molecular formula is C16H18N2O3S. The Hall–Kier alpha value is -2.34. The number of carbonyl (C=O) groups is 1. The second-order valence-corrected chi connectivity index (χ2v) is 6.80. The quantitative estimate of drug-likeness (QED) is 0.848. The molecular weight excluding hydrogens is 300 g/mol. The second kappa shape index (κ2) is 6.62. The number of likely N-dealkylation sites (N-methyl/N-ethyl adjacent to an activating group) is 1. The summed E-state index contributed by atoms with van der Waals surface area (Å²) < 4.78 is 25.1. The fraction of sp³-hybridized carbons (Fsp3) is 0.188. The molecule has 2 aromatic carbocycles. The third-order valence-electron chi connectivity index (χ3n) is 3.24. The van der Waals surface area contributed by atoms with Crippen LogP contribution in [0.2, 0.25) is 0 Å². The van der Waals surface area contributed by atoms with Crippen molar-refractivity contribution in [3.8, 4) is 0 Å². The third kappa shape index (κ3) is 3.85. The van der Waals surface area contributed by atoms with Crippen LogP contribution >= 0.6 is 0 Å². The first-order valence-corrected chi connectivity index (χ1v) is 8.59. The predicted octanol–water partition coefficient (Wildman–Crippen LogP) is 2.12. The summed E-state index contributed by atoms with van der Waals surface area (Å²) in [5.41, 5.74) is 1.19. The van der Waals surface area contributed by atoms with Crippen molar-refractivity contribution in [3.63, 3.8) is 0 Å². The lowest BCUT2D eigenvalue weighted by Gasteiger charge is -2.25. The molecule has 0 bridgehead atoms. The number of rotatable bonds is 5. The van der Waals surface area contributed by atoms with Gasteiger partial charge in [0.25, 0.3) is 0 Å². The van der Waals surface area contributed by atoms with E-state index in [4.69, 9.17) is 0 Å². The highest BCUT2D eigenvalue weighted by Gasteiger charge is 2.22. The molecule has 116 valence electrons. The normalized spacial score (nSPS) is 11.0. The lowest BCUT2D eigenvalue weighted by molar-refractivity contribution is -0.116. The van der Waals surface area contributed by atoms with Gasteiger partial charge in [0.15, 0.2) is 0 Å². The molecule has 5 nitrogen and oxygen atoms in total. The van der Waals surface area contributed by atoms with Gasteiger partial charge >= 0.3 is 0 Å². The standard InChI is InChI=1S/C16H18N2O3S/c1-17(14-9-5-3-6-10-14)16(19)13-18(22(2,20)21)15-11-7-4-8-12-15/h3-12H,13H2,1-2H3. The van der Waals surface area contributed by atoms with E-state index < -0.39 is 10.0 Å². The van der Waals surface area contributed by atoms with Crippen LogP contribution in [-0.2, 0) is 14.8 Å². The summed E-state index contributed by atoms with van der Waals surface area (Å²) in [4.78, 5) is 13.8. The van der Waals surface area contributed by atoms with Gasteiger partial charge in [-0.2, -0.15) is 0 Å². The Morgan fingerprint density at radius 2 is 1.36 bits per heavy atom. The van der Waals surface area contributed by atoms with Crippen LogP contribution in [0.4, 0.5) is 11.4 Å². The molecule has 0 saturated carbocycles. The van der Waals surface area contributed by atoms with Crippen LogP contribution in [0.5, 0.6) is 0 Å². The van der Waals surface area contributed by atoms with E-state index in [-0.39, 0.29) is 12.5 Å². The lowest BCUT2D eigenvalue weighted by Crippen LogP contribution is -2.41.